The van der Waals surface area contributed by atoms with Gasteiger partial charge in [-0.1, -0.05) is 30.3 Å². The molecule has 0 spiro atoms. The molecule has 2 heterocycles. The van der Waals surface area contributed by atoms with Crippen molar-refractivity contribution in [1.82, 2.24) is 35.6 Å². The summed E-state index contributed by atoms with van der Waals surface area (Å²) in [7, 11) is 2.79. The largest absolute Gasteiger partial charge is 0.483 e. The molecule has 1 aromatic heterocycles. The molecule has 1 saturated heterocycles. The maximum absolute atomic E-state index is 13.9. The number of urea groups is 1. The van der Waals surface area contributed by atoms with Crippen molar-refractivity contribution in [3.8, 4) is 0 Å². The van der Waals surface area contributed by atoms with Gasteiger partial charge in [0.25, 0.3) is 17.6 Å². The summed E-state index contributed by atoms with van der Waals surface area (Å²) in [6, 6.07) is 12.2. The lowest BCUT2D eigenvalue weighted by Gasteiger charge is -2.39. The molecule has 284 valence electrons. The summed E-state index contributed by atoms with van der Waals surface area (Å²) in [4.78, 5) is 81.7. The normalized spacial score (nSPS) is 13.8. The quantitative estimate of drug-likeness (QED) is 0.0635. The Balaban J connectivity index is 1.50. The summed E-state index contributed by atoms with van der Waals surface area (Å²) < 4.78 is 10.7. The molecule has 0 saturated carbocycles. The van der Waals surface area contributed by atoms with Crippen molar-refractivity contribution in [2.75, 3.05) is 65.3 Å². The third-order valence-electron chi connectivity index (χ3n) is 8.72. The van der Waals surface area contributed by atoms with Crippen molar-refractivity contribution >= 4 is 52.3 Å². The fourth-order valence-electron chi connectivity index (χ4n) is 5.89. The molecule has 53 heavy (non-hydrogen) atoms. The maximum Gasteiger partial charge on any atom is 0.406 e. The molecule has 4 rings (SSSR count). The molecule has 1 fully saturated rings. The van der Waals surface area contributed by atoms with Crippen LogP contribution < -0.4 is 26.6 Å². The molecular formula is C37H48N8O8. The number of anilines is 1. The number of carbonyl (C=O) groups excluding carboxylic acids is 6. The smallest absolute Gasteiger partial charge is 0.406 e. The molecule has 3 aromatic rings. The Morgan fingerprint density at radius 1 is 0.792 bits per heavy atom. The van der Waals surface area contributed by atoms with Crippen molar-refractivity contribution in [2.24, 2.45) is 0 Å². The summed E-state index contributed by atoms with van der Waals surface area (Å²) >= 11 is 0. The minimum Gasteiger partial charge on any atom is -0.483 e. The maximum atomic E-state index is 13.9. The lowest BCUT2D eigenvalue weighted by Crippen LogP contribution is -2.56. The van der Waals surface area contributed by atoms with E-state index >= 15 is 0 Å². The van der Waals surface area contributed by atoms with Gasteiger partial charge < -0.3 is 45.9 Å². The van der Waals surface area contributed by atoms with Gasteiger partial charge >= 0.3 is 18.2 Å². The van der Waals surface area contributed by atoms with Gasteiger partial charge in [0.2, 0.25) is 0 Å². The lowest BCUT2D eigenvalue weighted by atomic mass is 10.1. The molecule has 1 aliphatic heterocycles. The number of ketones is 1. The number of methoxy groups -OCH3 is 2. The number of aromatic nitrogens is 1. The van der Waals surface area contributed by atoms with Crippen LogP contribution in [-0.4, -0.2) is 116 Å². The minimum atomic E-state index is -0.823. The van der Waals surface area contributed by atoms with E-state index in [1.165, 1.54) is 29.9 Å². The van der Waals surface area contributed by atoms with Crippen molar-refractivity contribution in [2.45, 2.75) is 38.6 Å². The standard InChI is InChI=1S/C37H48N8O8/c1-25-23-43(33(47)27-13-6-5-7-14-27)21-22-44(25)34(48)32(46)29-24-45(36(50)40-19-10-11-20-41-37(51)53-4)31-28(29)15-12-16-30(31)42-35(49)39-18-9-8-17-38-26(2)52-3/h5-7,12-16,24-25,38H,2,8-11,17-23H2,1,3-4H3,(H,40,50)(H,41,51)(H2,39,42,49)/t25-/m1/s1. The van der Waals surface area contributed by atoms with Crippen molar-refractivity contribution in [3.05, 3.63) is 78.3 Å². The number of Topliss-reactive ketones (excluding diaryl/α,β-unsaturated/α-hetero) is 1. The number of unbranched alkanes of at least 4 members (excludes halogenated alkanes) is 2. The molecule has 16 heteroatoms. The third-order valence-corrected chi connectivity index (χ3v) is 8.72. The van der Waals surface area contributed by atoms with E-state index < -0.39 is 35.9 Å². The highest BCUT2D eigenvalue weighted by Gasteiger charge is 2.35. The van der Waals surface area contributed by atoms with Crippen molar-refractivity contribution in [1.29, 1.82) is 0 Å². The van der Waals surface area contributed by atoms with Gasteiger partial charge in [0.1, 0.15) is 0 Å². The van der Waals surface area contributed by atoms with Crippen molar-refractivity contribution < 1.29 is 38.2 Å². The summed E-state index contributed by atoms with van der Waals surface area (Å²) in [6.45, 7) is 7.71. The lowest BCUT2D eigenvalue weighted by molar-refractivity contribution is -0.130. The predicted octanol–water partition coefficient (Wildman–Crippen LogP) is 3.50. The molecular weight excluding hydrogens is 684 g/mol. The van der Waals surface area contributed by atoms with Gasteiger partial charge in [0.05, 0.1) is 31.0 Å². The van der Waals surface area contributed by atoms with Gasteiger partial charge in [-0.05, 0) is 57.4 Å². The van der Waals surface area contributed by atoms with Gasteiger partial charge in [-0.3, -0.25) is 19.0 Å². The number of nitrogens with one attached hydrogen (secondary N) is 5. The average molecular weight is 733 g/mol. The number of nitrogens with zero attached hydrogens (tertiary/aromatic N) is 3. The SMILES string of the molecule is C=C(NCCCCNC(=O)Nc1cccc2c(C(=O)C(=O)N3CCN(C(=O)c4ccccc4)C[C@H]3C)cn(C(=O)NCCCCNC(=O)OC)c12)OC. The average Bonchev–Trinajstić information content (AvgIpc) is 3.57. The van der Waals surface area contributed by atoms with E-state index in [1.807, 2.05) is 6.07 Å². The number of benzene rings is 2. The second kappa shape index (κ2) is 19.5. The van der Waals surface area contributed by atoms with Crippen LogP contribution in [-0.2, 0) is 14.3 Å². The van der Waals surface area contributed by atoms with Gasteiger partial charge in [-0.2, -0.15) is 0 Å². The highest BCUT2D eigenvalue weighted by atomic mass is 16.5. The van der Waals surface area contributed by atoms with E-state index in [0.29, 0.717) is 55.7 Å². The predicted molar refractivity (Wildman–Crippen MR) is 199 cm³/mol. The molecule has 0 aliphatic carbocycles. The van der Waals surface area contributed by atoms with Crippen molar-refractivity contribution in [3.63, 3.8) is 0 Å². The van der Waals surface area contributed by atoms with Gasteiger partial charge in [0.15, 0.2) is 5.88 Å². The van der Waals surface area contributed by atoms with Crippen LogP contribution in [0.3, 0.4) is 0 Å². The second-order valence-electron chi connectivity index (χ2n) is 12.4. The van der Waals surface area contributed by atoms with E-state index in [4.69, 9.17) is 4.74 Å². The molecule has 0 bridgehead atoms. The molecule has 0 radical (unpaired) electrons. The van der Waals surface area contributed by atoms with Crippen LogP contribution >= 0.6 is 0 Å². The first-order valence-electron chi connectivity index (χ1n) is 17.5. The first-order valence-corrected chi connectivity index (χ1v) is 17.5. The Morgan fingerprint density at radius 2 is 1.45 bits per heavy atom. The van der Waals surface area contributed by atoms with Gasteiger partial charge in [-0.25, -0.2) is 14.4 Å². The zero-order valence-electron chi connectivity index (χ0n) is 30.4. The summed E-state index contributed by atoms with van der Waals surface area (Å²) in [5.41, 5.74) is 1.02. The number of hydrogen-bond donors (Lipinski definition) is 5. The van der Waals surface area contributed by atoms with E-state index in [9.17, 15) is 28.8 Å². The van der Waals surface area contributed by atoms with Crippen LogP contribution in [0.15, 0.2) is 67.2 Å². The first kappa shape index (κ1) is 39.7. The van der Waals surface area contributed by atoms with Crippen LogP contribution in [0.4, 0.5) is 20.1 Å². The molecule has 16 nitrogen and oxygen atoms in total. The zero-order chi connectivity index (χ0) is 38.3. The van der Waals surface area contributed by atoms with Crippen LogP contribution in [0, 0.1) is 0 Å². The van der Waals surface area contributed by atoms with Crippen LogP contribution in [0.25, 0.3) is 10.9 Å². The number of rotatable bonds is 16. The Kier molecular flexibility index (Phi) is 14.6. The number of fused-ring (bicyclic) bond motifs is 1. The minimum absolute atomic E-state index is 0.00776. The second-order valence-corrected chi connectivity index (χ2v) is 12.4. The third kappa shape index (κ3) is 10.7. The topological polar surface area (TPSA) is 192 Å². The first-order chi connectivity index (χ1) is 25.5. The number of hydrogen-bond acceptors (Lipinski definition) is 9. The number of para-hydroxylation sites is 1. The Labute approximate surface area is 308 Å². The number of alkyl carbamates (subject to hydrolysis) is 1. The van der Waals surface area contributed by atoms with Crippen LogP contribution in [0.1, 0.15) is 53.3 Å². The van der Waals surface area contributed by atoms with E-state index in [1.54, 1.807) is 54.3 Å². The summed E-state index contributed by atoms with van der Waals surface area (Å²) in [5, 5.41) is 14.3. The molecule has 1 aliphatic rings. The van der Waals surface area contributed by atoms with E-state index in [0.717, 1.165) is 6.42 Å². The highest BCUT2D eigenvalue weighted by molar-refractivity contribution is 6.45. The summed E-state index contributed by atoms with van der Waals surface area (Å²) in [6.07, 6.45) is 3.26. The zero-order valence-corrected chi connectivity index (χ0v) is 30.4. The monoisotopic (exact) mass is 732 g/mol. The van der Waals surface area contributed by atoms with E-state index in [-0.39, 0.29) is 48.9 Å². The Bertz CT molecular complexity index is 1790. The van der Waals surface area contributed by atoms with Crippen LogP contribution in [0.2, 0.25) is 0 Å². The Morgan fingerprint density at radius 3 is 2.11 bits per heavy atom. The number of amides is 6. The van der Waals surface area contributed by atoms with Gasteiger partial charge in [-0.15, -0.1) is 0 Å². The highest BCUT2D eigenvalue weighted by Crippen LogP contribution is 2.30. The molecule has 5 N–H and O–H groups in total. The van der Waals surface area contributed by atoms with Gasteiger partial charge in [0, 0.05) is 69.0 Å². The number of piperazine rings is 1. The fraction of sp³-hybridized carbons (Fsp3) is 0.405. The fourth-order valence-corrected chi connectivity index (χ4v) is 5.89. The Hall–Kier alpha value is -6.06. The molecule has 1 atom stereocenters. The molecule has 0 unspecified atom stereocenters. The molecule has 2 aromatic carbocycles. The number of carbonyl (C=O) groups is 6. The van der Waals surface area contributed by atoms with Crippen LogP contribution in [0.5, 0.6) is 0 Å². The molecule has 6 amide bonds. The number of ether oxygens (including phenoxy) is 2. The summed E-state index contributed by atoms with van der Waals surface area (Å²) in [5.74, 6) is -1.28. The van der Waals surface area contributed by atoms with E-state index in [2.05, 4.69) is 37.9 Å².